The van der Waals surface area contributed by atoms with Gasteiger partial charge in [-0.2, -0.15) is 0 Å². The van der Waals surface area contributed by atoms with E-state index >= 15 is 0 Å². The maximum atomic E-state index is 10.1. The zero-order valence-corrected chi connectivity index (χ0v) is 14.1. The fourth-order valence-electron chi connectivity index (χ4n) is 1.72. The molecule has 0 amide bonds. The molecule has 4 heteroatoms. The number of hydrogen-bond acceptors (Lipinski definition) is 4. The molecule has 0 aliphatic carbocycles. The lowest BCUT2D eigenvalue weighted by Gasteiger charge is -2.25. The Kier molecular flexibility index (Phi) is 6.05. The van der Waals surface area contributed by atoms with Gasteiger partial charge < -0.3 is 19.9 Å². The molecule has 1 aromatic carbocycles. The summed E-state index contributed by atoms with van der Waals surface area (Å²) in [6.07, 6.45) is 0.637. The normalized spacial score (nSPS) is 14.6. The van der Waals surface area contributed by atoms with Gasteiger partial charge in [-0.05, 0) is 40.2 Å². The number of ether oxygens (including phenoxy) is 2. The molecule has 0 saturated carbocycles. The summed E-state index contributed by atoms with van der Waals surface area (Å²) >= 11 is 0. The Morgan fingerprint density at radius 2 is 1.86 bits per heavy atom. The predicted octanol–water partition coefficient (Wildman–Crippen LogP) is 3.12. The Labute approximate surface area is 128 Å². The number of benzene rings is 1. The molecule has 0 bridgehead atoms. The molecule has 0 fully saturated rings. The molecule has 120 valence electrons. The highest BCUT2D eigenvalue weighted by molar-refractivity contribution is 5.46. The highest BCUT2D eigenvalue weighted by atomic mass is 16.5. The van der Waals surface area contributed by atoms with E-state index in [2.05, 4.69) is 26.1 Å². The molecule has 0 aliphatic rings. The minimum Gasteiger partial charge on any atom is -0.493 e. The van der Waals surface area contributed by atoms with Crippen molar-refractivity contribution < 1.29 is 14.6 Å². The first kappa shape index (κ1) is 17.8. The molecule has 4 nitrogen and oxygen atoms in total. The van der Waals surface area contributed by atoms with Gasteiger partial charge in [0, 0.05) is 17.6 Å². The van der Waals surface area contributed by atoms with Crippen LogP contribution in [0.2, 0.25) is 0 Å². The smallest absolute Gasteiger partial charge is 0.165 e. The molecule has 1 atom stereocenters. The molecular weight excluding hydrogens is 266 g/mol. The van der Waals surface area contributed by atoms with E-state index in [9.17, 15) is 5.11 Å². The summed E-state index contributed by atoms with van der Waals surface area (Å²) in [7, 11) is 1.63. The third-order valence-electron chi connectivity index (χ3n) is 3.38. The van der Waals surface area contributed by atoms with Crippen LogP contribution in [0.5, 0.6) is 11.5 Å². The molecular formula is C17H29NO3. The van der Waals surface area contributed by atoms with E-state index in [4.69, 9.17) is 9.47 Å². The number of para-hydroxylation sites is 1. The molecule has 0 aliphatic heterocycles. The second-order valence-corrected chi connectivity index (χ2v) is 6.69. The zero-order valence-electron chi connectivity index (χ0n) is 14.1. The van der Waals surface area contributed by atoms with E-state index < -0.39 is 5.60 Å². The Morgan fingerprint density at radius 1 is 1.19 bits per heavy atom. The van der Waals surface area contributed by atoms with Gasteiger partial charge in [0.1, 0.15) is 6.61 Å². The third kappa shape index (κ3) is 5.94. The van der Waals surface area contributed by atoms with Crippen molar-refractivity contribution in [2.45, 2.75) is 58.7 Å². The summed E-state index contributed by atoms with van der Waals surface area (Å²) in [5, 5.41) is 13.6. The summed E-state index contributed by atoms with van der Waals surface area (Å²) in [5.74, 6) is 1.39. The molecule has 0 saturated heterocycles. The van der Waals surface area contributed by atoms with Gasteiger partial charge in [0.15, 0.2) is 11.5 Å². The van der Waals surface area contributed by atoms with E-state index in [0.717, 1.165) is 5.56 Å². The van der Waals surface area contributed by atoms with Crippen LogP contribution in [-0.2, 0) is 6.54 Å². The average Bonchev–Trinajstić information content (AvgIpc) is 2.42. The highest BCUT2D eigenvalue weighted by Crippen LogP contribution is 2.32. The molecule has 0 spiro atoms. The van der Waals surface area contributed by atoms with Crippen molar-refractivity contribution >= 4 is 0 Å². The van der Waals surface area contributed by atoms with Crippen LogP contribution in [0.3, 0.4) is 0 Å². The summed E-state index contributed by atoms with van der Waals surface area (Å²) in [4.78, 5) is 0. The first-order valence-electron chi connectivity index (χ1n) is 7.44. The third-order valence-corrected chi connectivity index (χ3v) is 3.38. The van der Waals surface area contributed by atoms with Crippen molar-refractivity contribution in [3.05, 3.63) is 23.8 Å². The number of methoxy groups -OCH3 is 1. The lowest BCUT2D eigenvalue weighted by molar-refractivity contribution is 0.00740. The van der Waals surface area contributed by atoms with Gasteiger partial charge in [-0.3, -0.25) is 0 Å². The lowest BCUT2D eigenvalue weighted by atomic mass is 10.1. The quantitative estimate of drug-likeness (QED) is 0.811. The van der Waals surface area contributed by atoms with Crippen LogP contribution in [0, 0.1) is 0 Å². The molecule has 0 heterocycles. The molecule has 21 heavy (non-hydrogen) atoms. The SMILES string of the molecule is CCC(C)(O)COc1c(CNC(C)(C)C)cccc1OC. The lowest BCUT2D eigenvalue weighted by Crippen LogP contribution is -2.35. The van der Waals surface area contributed by atoms with Crippen molar-refractivity contribution in [3.8, 4) is 11.5 Å². The first-order valence-corrected chi connectivity index (χ1v) is 7.44. The summed E-state index contributed by atoms with van der Waals surface area (Å²) < 4.78 is 11.2. The maximum absolute atomic E-state index is 10.1. The van der Waals surface area contributed by atoms with Crippen molar-refractivity contribution in [1.82, 2.24) is 5.32 Å². The summed E-state index contributed by atoms with van der Waals surface area (Å²) in [6.45, 7) is 11.0. The van der Waals surface area contributed by atoms with Gasteiger partial charge >= 0.3 is 0 Å². The van der Waals surface area contributed by atoms with E-state index in [1.807, 2.05) is 25.1 Å². The Balaban J connectivity index is 2.92. The first-order chi connectivity index (χ1) is 9.68. The fraction of sp³-hybridized carbons (Fsp3) is 0.647. The largest absolute Gasteiger partial charge is 0.493 e. The van der Waals surface area contributed by atoms with Crippen molar-refractivity contribution in [2.24, 2.45) is 0 Å². The van der Waals surface area contributed by atoms with Crippen molar-refractivity contribution in [1.29, 1.82) is 0 Å². The van der Waals surface area contributed by atoms with Gasteiger partial charge in [0.2, 0.25) is 0 Å². The van der Waals surface area contributed by atoms with Gasteiger partial charge in [-0.15, -0.1) is 0 Å². The van der Waals surface area contributed by atoms with Crippen LogP contribution in [0.15, 0.2) is 18.2 Å². The summed E-state index contributed by atoms with van der Waals surface area (Å²) in [6, 6.07) is 5.83. The van der Waals surface area contributed by atoms with Crippen LogP contribution >= 0.6 is 0 Å². The Morgan fingerprint density at radius 3 is 2.38 bits per heavy atom. The highest BCUT2D eigenvalue weighted by Gasteiger charge is 2.21. The monoisotopic (exact) mass is 295 g/mol. The van der Waals surface area contributed by atoms with Crippen LogP contribution in [0.25, 0.3) is 0 Å². The van der Waals surface area contributed by atoms with Gasteiger partial charge in [0.25, 0.3) is 0 Å². The standard InChI is InChI=1S/C17H29NO3/c1-7-17(5,19)12-21-15-13(11-18-16(2,3)4)9-8-10-14(15)20-6/h8-10,18-19H,7,11-12H2,1-6H3. The number of aliphatic hydroxyl groups is 1. The second kappa shape index (κ2) is 7.14. The number of hydrogen-bond donors (Lipinski definition) is 2. The zero-order chi connectivity index (χ0) is 16.1. The fourth-order valence-corrected chi connectivity index (χ4v) is 1.72. The number of nitrogens with one attached hydrogen (secondary N) is 1. The predicted molar refractivity (Wildman–Crippen MR) is 86.0 cm³/mol. The van der Waals surface area contributed by atoms with E-state index in [1.165, 1.54) is 0 Å². The van der Waals surface area contributed by atoms with Crippen LogP contribution in [0.1, 0.15) is 46.6 Å². The maximum Gasteiger partial charge on any atom is 0.165 e. The topological polar surface area (TPSA) is 50.7 Å². The van der Waals surface area contributed by atoms with E-state index in [1.54, 1.807) is 14.0 Å². The van der Waals surface area contributed by atoms with Gasteiger partial charge in [-0.1, -0.05) is 19.1 Å². The minimum atomic E-state index is -0.838. The van der Waals surface area contributed by atoms with Crippen molar-refractivity contribution in [2.75, 3.05) is 13.7 Å². The van der Waals surface area contributed by atoms with Crippen LogP contribution < -0.4 is 14.8 Å². The molecule has 1 unspecified atom stereocenters. The second-order valence-electron chi connectivity index (χ2n) is 6.69. The number of rotatable bonds is 7. The average molecular weight is 295 g/mol. The van der Waals surface area contributed by atoms with Crippen LogP contribution in [-0.4, -0.2) is 30.0 Å². The summed E-state index contributed by atoms with van der Waals surface area (Å²) in [5.41, 5.74) is 0.210. The van der Waals surface area contributed by atoms with Gasteiger partial charge in [0.05, 0.1) is 12.7 Å². The Bertz CT molecular complexity index is 450. The Hall–Kier alpha value is -1.26. The van der Waals surface area contributed by atoms with Crippen LogP contribution in [0.4, 0.5) is 0 Å². The van der Waals surface area contributed by atoms with Gasteiger partial charge in [-0.25, -0.2) is 0 Å². The molecule has 0 radical (unpaired) electrons. The van der Waals surface area contributed by atoms with E-state index in [0.29, 0.717) is 24.5 Å². The van der Waals surface area contributed by atoms with Crippen molar-refractivity contribution in [3.63, 3.8) is 0 Å². The van der Waals surface area contributed by atoms with E-state index in [-0.39, 0.29) is 12.1 Å². The molecule has 0 aromatic heterocycles. The molecule has 1 rings (SSSR count). The molecule has 2 N–H and O–H groups in total. The molecule has 1 aromatic rings. The minimum absolute atomic E-state index is 0.0231.